The molecule has 0 radical (unpaired) electrons. The van der Waals surface area contributed by atoms with Crippen LogP contribution in [0.25, 0.3) is 0 Å². The van der Waals surface area contributed by atoms with E-state index in [0.29, 0.717) is 0 Å². The Labute approximate surface area is 93.1 Å². The lowest BCUT2D eigenvalue weighted by molar-refractivity contribution is 0.197. The topological polar surface area (TPSA) is 20.2 Å². The Morgan fingerprint density at radius 3 is 1.80 bits per heavy atom. The van der Waals surface area contributed by atoms with Crippen molar-refractivity contribution in [2.24, 2.45) is 0 Å². The summed E-state index contributed by atoms with van der Waals surface area (Å²) in [6.07, 6.45) is 0.631. The molecule has 1 nitrogen and oxygen atoms in total. The summed E-state index contributed by atoms with van der Waals surface area (Å²) in [5.74, 6) is 0. The molecular formula is C14H22O. The zero-order chi connectivity index (χ0) is 11.7. The molecule has 1 aromatic carbocycles. The number of benzene rings is 1. The minimum absolute atomic E-state index is 0.363. The van der Waals surface area contributed by atoms with Crippen LogP contribution >= 0.6 is 0 Å². The van der Waals surface area contributed by atoms with E-state index in [1.54, 1.807) is 0 Å². The number of hydrogen-bond donors (Lipinski definition) is 1. The maximum atomic E-state index is 9.86. The Balaban J connectivity index is 3.62. The Bertz CT molecular complexity index is 376. The SMILES string of the molecule is CCc1c(C)c(C)c(C)c(C)c1C(C)O. The first kappa shape index (κ1) is 12.3. The van der Waals surface area contributed by atoms with Crippen LogP contribution < -0.4 is 0 Å². The highest BCUT2D eigenvalue weighted by atomic mass is 16.3. The molecule has 1 unspecified atom stereocenters. The molecule has 1 aromatic rings. The third kappa shape index (κ3) is 1.93. The Kier molecular flexibility index (Phi) is 3.56. The highest BCUT2D eigenvalue weighted by Crippen LogP contribution is 2.31. The summed E-state index contributed by atoms with van der Waals surface area (Å²) in [7, 11) is 0. The second-order valence-electron chi connectivity index (χ2n) is 4.42. The number of rotatable bonds is 2. The number of aliphatic hydroxyl groups excluding tert-OH is 1. The quantitative estimate of drug-likeness (QED) is 0.784. The number of aliphatic hydroxyl groups is 1. The first-order valence-corrected chi connectivity index (χ1v) is 5.68. The summed E-state index contributed by atoms with van der Waals surface area (Å²) >= 11 is 0. The largest absolute Gasteiger partial charge is 0.389 e. The van der Waals surface area contributed by atoms with Crippen molar-refractivity contribution in [3.8, 4) is 0 Å². The molecule has 15 heavy (non-hydrogen) atoms. The Hall–Kier alpha value is -0.820. The minimum Gasteiger partial charge on any atom is -0.389 e. The number of hydrogen-bond acceptors (Lipinski definition) is 1. The van der Waals surface area contributed by atoms with Crippen LogP contribution in [0, 0.1) is 27.7 Å². The molecule has 1 atom stereocenters. The molecule has 1 N–H and O–H groups in total. The van der Waals surface area contributed by atoms with Crippen molar-refractivity contribution in [2.45, 2.75) is 54.1 Å². The van der Waals surface area contributed by atoms with Gasteiger partial charge in [0.2, 0.25) is 0 Å². The van der Waals surface area contributed by atoms with Crippen molar-refractivity contribution in [1.29, 1.82) is 0 Å². The molecular weight excluding hydrogens is 184 g/mol. The van der Waals surface area contributed by atoms with E-state index >= 15 is 0 Å². The van der Waals surface area contributed by atoms with Crippen LogP contribution in [-0.2, 0) is 6.42 Å². The lowest BCUT2D eigenvalue weighted by Crippen LogP contribution is -2.07. The molecule has 1 rings (SSSR count). The molecule has 0 aliphatic rings. The van der Waals surface area contributed by atoms with Gasteiger partial charge < -0.3 is 5.11 Å². The Morgan fingerprint density at radius 1 is 0.933 bits per heavy atom. The zero-order valence-corrected chi connectivity index (χ0v) is 10.7. The van der Waals surface area contributed by atoms with E-state index in [4.69, 9.17) is 0 Å². The predicted molar refractivity (Wildman–Crippen MR) is 65.4 cm³/mol. The van der Waals surface area contributed by atoms with Gasteiger partial charge in [0.05, 0.1) is 6.10 Å². The second kappa shape index (κ2) is 4.36. The van der Waals surface area contributed by atoms with Gasteiger partial charge in [-0.3, -0.25) is 0 Å². The highest BCUT2D eigenvalue weighted by molar-refractivity contribution is 5.50. The zero-order valence-electron chi connectivity index (χ0n) is 10.7. The molecule has 0 fully saturated rings. The maximum Gasteiger partial charge on any atom is 0.0767 e. The fourth-order valence-corrected chi connectivity index (χ4v) is 2.44. The molecule has 0 aromatic heterocycles. The summed E-state index contributed by atoms with van der Waals surface area (Å²) in [4.78, 5) is 0. The van der Waals surface area contributed by atoms with Crippen molar-refractivity contribution >= 4 is 0 Å². The van der Waals surface area contributed by atoms with Crippen molar-refractivity contribution in [1.82, 2.24) is 0 Å². The summed E-state index contributed by atoms with van der Waals surface area (Å²) in [5.41, 5.74) is 7.75. The minimum atomic E-state index is -0.363. The van der Waals surface area contributed by atoms with E-state index < -0.39 is 0 Å². The van der Waals surface area contributed by atoms with Gasteiger partial charge in [0.15, 0.2) is 0 Å². The molecule has 0 heterocycles. The van der Waals surface area contributed by atoms with Crippen LogP contribution in [0.5, 0.6) is 0 Å². The summed E-state index contributed by atoms with van der Waals surface area (Å²) in [6.45, 7) is 12.6. The summed E-state index contributed by atoms with van der Waals surface area (Å²) in [6, 6.07) is 0. The average Bonchev–Trinajstić information content (AvgIpc) is 2.19. The van der Waals surface area contributed by atoms with Crippen LogP contribution in [0.15, 0.2) is 0 Å². The van der Waals surface area contributed by atoms with Crippen LogP contribution in [0.2, 0.25) is 0 Å². The third-order valence-electron chi connectivity index (χ3n) is 3.64. The van der Waals surface area contributed by atoms with E-state index in [-0.39, 0.29) is 6.10 Å². The third-order valence-corrected chi connectivity index (χ3v) is 3.64. The highest BCUT2D eigenvalue weighted by Gasteiger charge is 2.16. The van der Waals surface area contributed by atoms with Crippen LogP contribution in [0.4, 0.5) is 0 Å². The molecule has 0 aliphatic carbocycles. The standard InChI is InChI=1S/C14H22O/c1-7-13-10(4)8(2)9(3)11(5)14(13)12(6)15/h12,15H,7H2,1-6H3. The van der Waals surface area contributed by atoms with Crippen LogP contribution in [0.3, 0.4) is 0 Å². The summed E-state index contributed by atoms with van der Waals surface area (Å²) in [5, 5.41) is 9.86. The van der Waals surface area contributed by atoms with E-state index in [1.165, 1.54) is 27.8 Å². The van der Waals surface area contributed by atoms with Gasteiger partial charge in [0.25, 0.3) is 0 Å². The lowest BCUT2D eigenvalue weighted by atomic mass is 9.86. The van der Waals surface area contributed by atoms with Crippen molar-refractivity contribution in [3.05, 3.63) is 33.4 Å². The van der Waals surface area contributed by atoms with Gasteiger partial charge in [-0.2, -0.15) is 0 Å². The maximum absolute atomic E-state index is 9.86. The molecule has 0 spiro atoms. The fourth-order valence-electron chi connectivity index (χ4n) is 2.44. The van der Waals surface area contributed by atoms with Gasteiger partial charge in [0.1, 0.15) is 0 Å². The van der Waals surface area contributed by atoms with Crippen LogP contribution in [0.1, 0.15) is 53.3 Å². The average molecular weight is 206 g/mol. The molecule has 84 valence electrons. The van der Waals surface area contributed by atoms with Crippen molar-refractivity contribution in [2.75, 3.05) is 0 Å². The van der Waals surface area contributed by atoms with E-state index in [0.717, 1.165) is 12.0 Å². The monoisotopic (exact) mass is 206 g/mol. The lowest BCUT2D eigenvalue weighted by Gasteiger charge is -2.21. The van der Waals surface area contributed by atoms with Gasteiger partial charge >= 0.3 is 0 Å². The van der Waals surface area contributed by atoms with Crippen molar-refractivity contribution in [3.63, 3.8) is 0 Å². The predicted octanol–water partition coefficient (Wildman–Crippen LogP) is 3.54. The van der Waals surface area contributed by atoms with Crippen molar-refractivity contribution < 1.29 is 5.11 Å². The normalized spacial score (nSPS) is 13.0. The molecule has 0 saturated heterocycles. The first-order valence-electron chi connectivity index (χ1n) is 5.68. The van der Waals surface area contributed by atoms with Gasteiger partial charge in [-0.1, -0.05) is 6.92 Å². The first-order chi connectivity index (χ1) is 6.91. The molecule has 0 bridgehead atoms. The fraction of sp³-hybridized carbons (Fsp3) is 0.571. The smallest absolute Gasteiger partial charge is 0.0767 e. The van der Waals surface area contributed by atoms with Crippen LogP contribution in [-0.4, -0.2) is 5.11 Å². The summed E-state index contributed by atoms with van der Waals surface area (Å²) < 4.78 is 0. The molecule has 0 aliphatic heterocycles. The van der Waals surface area contributed by atoms with E-state index in [1.807, 2.05) is 6.92 Å². The van der Waals surface area contributed by atoms with Gasteiger partial charge in [0, 0.05) is 0 Å². The molecule has 0 saturated carbocycles. The van der Waals surface area contributed by atoms with Gasteiger partial charge in [-0.25, -0.2) is 0 Å². The molecule has 0 amide bonds. The second-order valence-corrected chi connectivity index (χ2v) is 4.42. The van der Waals surface area contributed by atoms with E-state index in [2.05, 4.69) is 34.6 Å². The Morgan fingerprint density at radius 2 is 1.40 bits per heavy atom. The van der Waals surface area contributed by atoms with Gasteiger partial charge in [-0.05, 0) is 74.4 Å². The molecule has 1 heteroatoms. The van der Waals surface area contributed by atoms with Gasteiger partial charge in [-0.15, -0.1) is 0 Å². The van der Waals surface area contributed by atoms with E-state index in [9.17, 15) is 5.11 Å².